The Kier molecular flexibility index (Phi) is 5.08. The smallest absolute Gasteiger partial charge is 0.0681 e. The van der Waals surface area contributed by atoms with Crippen LogP contribution < -0.4 is 5.32 Å². The number of hydrogen-bond acceptors (Lipinski definition) is 3. The van der Waals surface area contributed by atoms with Crippen LogP contribution in [-0.2, 0) is 19.7 Å². The van der Waals surface area contributed by atoms with Gasteiger partial charge in [0.25, 0.3) is 0 Å². The lowest BCUT2D eigenvalue weighted by atomic mass is 10.1. The molecule has 0 atom stereocenters. The molecule has 118 valence electrons. The highest BCUT2D eigenvalue weighted by atomic mass is 35.5. The second-order valence-corrected chi connectivity index (χ2v) is 5.79. The molecule has 0 amide bonds. The maximum Gasteiger partial charge on any atom is 0.0681 e. The zero-order valence-corrected chi connectivity index (χ0v) is 13.4. The van der Waals surface area contributed by atoms with E-state index in [4.69, 9.17) is 16.7 Å². The maximum absolute atomic E-state index is 9.16. The zero-order chi connectivity index (χ0) is 16.1. The van der Waals surface area contributed by atoms with Gasteiger partial charge >= 0.3 is 0 Å². The highest BCUT2D eigenvalue weighted by molar-refractivity contribution is 6.30. The molecule has 3 aromatic rings. The van der Waals surface area contributed by atoms with Crippen molar-refractivity contribution < 1.29 is 5.11 Å². The Balaban J connectivity index is 1.59. The standard InChI is InChI=1S/C18H18ClN3O/c19-17-5-2-6-18(8-17)22-12-16(11-21-22)10-20-9-14-3-1-4-15(7-14)13-23/h1-8,11-12,20,23H,9-10,13H2. The molecule has 3 rings (SSSR count). The number of nitrogens with zero attached hydrogens (tertiary/aromatic N) is 2. The fourth-order valence-corrected chi connectivity index (χ4v) is 2.58. The first-order chi connectivity index (χ1) is 11.2. The lowest BCUT2D eigenvalue weighted by Crippen LogP contribution is -2.12. The Hall–Kier alpha value is -2.14. The number of aliphatic hydroxyl groups excluding tert-OH is 1. The molecule has 0 aliphatic heterocycles. The van der Waals surface area contributed by atoms with Gasteiger partial charge in [-0.05, 0) is 29.3 Å². The minimum atomic E-state index is 0.0697. The van der Waals surface area contributed by atoms with Gasteiger partial charge in [0, 0.05) is 29.9 Å². The molecule has 2 N–H and O–H groups in total. The number of rotatable bonds is 6. The van der Waals surface area contributed by atoms with Crippen molar-refractivity contribution >= 4 is 11.6 Å². The lowest BCUT2D eigenvalue weighted by Gasteiger charge is -2.05. The van der Waals surface area contributed by atoms with Gasteiger partial charge in [0.05, 0.1) is 18.5 Å². The minimum Gasteiger partial charge on any atom is -0.392 e. The molecule has 1 heterocycles. The average molecular weight is 328 g/mol. The SMILES string of the molecule is OCc1cccc(CNCc2cnn(-c3cccc(Cl)c3)c2)c1. The van der Waals surface area contributed by atoms with Crippen LogP contribution in [0.2, 0.25) is 5.02 Å². The lowest BCUT2D eigenvalue weighted by molar-refractivity contribution is 0.281. The monoisotopic (exact) mass is 327 g/mol. The van der Waals surface area contributed by atoms with E-state index in [0.717, 1.165) is 35.5 Å². The van der Waals surface area contributed by atoms with E-state index in [2.05, 4.69) is 10.4 Å². The topological polar surface area (TPSA) is 50.1 Å². The first-order valence-corrected chi connectivity index (χ1v) is 7.81. The summed E-state index contributed by atoms with van der Waals surface area (Å²) in [5, 5.41) is 17.6. The van der Waals surface area contributed by atoms with Crippen molar-refractivity contribution in [3.8, 4) is 5.69 Å². The van der Waals surface area contributed by atoms with Gasteiger partial charge in [-0.2, -0.15) is 5.10 Å². The first-order valence-electron chi connectivity index (χ1n) is 7.43. The van der Waals surface area contributed by atoms with E-state index < -0.39 is 0 Å². The highest BCUT2D eigenvalue weighted by Crippen LogP contribution is 2.14. The van der Waals surface area contributed by atoms with E-state index >= 15 is 0 Å². The van der Waals surface area contributed by atoms with Gasteiger partial charge in [-0.15, -0.1) is 0 Å². The molecule has 0 aliphatic rings. The van der Waals surface area contributed by atoms with Gasteiger partial charge in [0.2, 0.25) is 0 Å². The predicted octanol–water partition coefficient (Wildman–Crippen LogP) is 3.31. The van der Waals surface area contributed by atoms with E-state index in [1.165, 1.54) is 0 Å². The summed E-state index contributed by atoms with van der Waals surface area (Å²) in [4.78, 5) is 0. The summed E-state index contributed by atoms with van der Waals surface area (Å²) in [6.45, 7) is 1.54. The van der Waals surface area contributed by atoms with Crippen molar-refractivity contribution in [1.82, 2.24) is 15.1 Å². The summed E-state index contributed by atoms with van der Waals surface area (Å²) in [7, 11) is 0. The Bertz CT molecular complexity index is 785. The first kappa shape index (κ1) is 15.7. The second kappa shape index (κ2) is 7.42. The van der Waals surface area contributed by atoms with Gasteiger partial charge in [0.1, 0.15) is 0 Å². The van der Waals surface area contributed by atoms with Gasteiger partial charge in [-0.3, -0.25) is 0 Å². The molecule has 0 spiro atoms. The Morgan fingerprint density at radius 1 is 1.00 bits per heavy atom. The molecule has 2 aromatic carbocycles. The normalized spacial score (nSPS) is 10.9. The van der Waals surface area contributed by atoms with Crippen molar-refractivity contribution in [1.29, 1.82) is 0 Å². The Labute approximate surface area is 140 Å². The Morgan fingerprint density at radius 3 is 2.61 bits per heavy atom. The van der Waals surface area contributed by atoms with Gasteiger partial charge in [0.15, 0.2) is 0 Å². The van der Waals surface area contributed by atoms with E-state index in [1.807, 2.05) is 65.6 Å². The fourth-order valence-electron chi connectivity index (χ4n) is 2.40. The summed E-state index contributed by atoms with van der Waals surface area (Å²) in [6.07, 6.45) is 3.83. The van der Waals surface area contributed by atoms with Crippen LogP contribution in [0, 0.1) is 0 Å². The summed E-state index contributed by atoms with van der Waals surface area (Å²) < 4.78 is 1.81. The molecule has 5 heteroatoms. The van der Waals surface area contributed by atoms with Crippen LogP contribution in [0.15, 0.2) is 60.9 Å². The van der Waals surface area contributed by atoms with Crippen molar-refractivity contribution in [3.63, 3.8) is 0 Å². The van der Waals surface area contributed by atoms with Crippen LogP contribution in [0.1, 0.15) is 16.7 Å². The van der Waals surface area contributed by atoms with E-state index in [0.29, 0.717) is 5.02 Å². The zero-order valence-electron chi connectivity index (χ0n) is 12.6. The number of nitrogens with one attached hydrogen (secondary N) is 1. The predicted molar refractivity (Wildman–Crippen MR) is 91.5 cm³/mol. The van der Waals surface area contributed by atoms with Crippen LogP contribution in [-0.4, -0.2) is 14.9 Å². The molecule has 1 aromatic heterocycles. The molecule has 0 unspecified atom stereocenters. The number of halogens is 1. The fraction of sp³-hybridized carbons (Fsp3) is 0.167. The van der Waals surface area contributed by atoms with Gasteiger partial charge in [-0.25, -0.2) is 4.68 Å². The highest BCUT2D eigenvalue weighted by Gasteiger charge is 2.02. The largest absolute Gasteiger partial charge is 0.392 e. The second-order valence-electron chi connectivity index (χ2n) is 5.35. The molecule has 0 saturated heterocycles. The van der Waals surface area contributed by atoms with E-state index in [9.17, 15) is 0 Å². The van der Waals surface area contributed by atoms with Crippen LogP contribution in [0.25, 0.3) is 5.69 Å². The van der Waals surface area contributed by atoms with Crippen molar-refractivity contribution in [3.05, 3.63) is 82.6 Å². The minimum absolute atomic E-state index is 0.0697. The van der Waals surface area contributed by atoms with Crippen molar-refractivity contribution in [2.75, 3.05) is 0 Å². The van der Waals surface area contributed by atoms with E-state index in [-0.39, 0.29) is 6.61 Å². The quantitative estimate of drug-likeness (QED) is 0.730. The molecule has 0 saturated carbocycles. The van der Waals surface area contributed by atoms with Crippen molar-refractivity contribution in [2.24, 2.45) is 0 Å². The van der Waals surface area contributed by atoms with Crippen LogP contribution in [0.4, 0.5) is 0 Å². The maximum atomic E-state index is 9.16. The number of benzene rings is 2. The van der Waals surface area contributed by atoms with Crippen LogP contribution in [0.5, 0.6) is 0 Å². The molecule has 0 radical (unpaired) electrons. The third-order valence-corrected chi connectivity index (χ3v) is 3.78. The Morgan fingerprint density at radius 2 is 1.78 bits per heavy atom. The molecule has 0 bridgehead atoms. The molecule has 0 aliphatic carbocycles. The van der Waals surface area contributed by atoms with Gasteiger partial charge in [-0.1, -0.05) is 41.9 Å². The average Bonchev–Trinajstić information content (AvgIpc) is 3.04. The van der Waals surface area contributed by atoms with Gasteiger partial charge < -0.3 is 10.4 Å². The van der Waals surface area contributed by atoms with Crippen molar-refractivity contribution in [2.45, 2.75) is 19.7 Å². The number of hydrogen-bond donors (Lipinski definition) is 2. The van der Waals surface area contributed by atoms with Crippen LogP contribution >= 0.6 is 11.6 Å². The third kappa shape index (κ3) is 4.20. The summed E-state index contributed by atoms with van der Waals surface area (Å²) >= 11 is 6.01. The number of aliphatic hydroxyl groups is 1. The molecular formula is C18H18ClN3O. The molecular weight excluding hydrogens is 310 g/mol. The third-order valence-electron chi connectivity index (χ3n) is 3.54. The molecule has 4 nitrogen and oxygen atoms in total. The summed E-state index contributed by atoms with van der Waals surface area (Å²) in [5.41, 5.74) is 4.12. The van der Waals surface area contributed by atoms with E-state index in [1.54, 1.807) is 0 Å². The summed E-state index contributed by atoms with van der Waals surface area (Å²) in [6, 6.07) is 15.5. The summed E-state index contributed by atoms with van der Waals surface area (Å²) in [5.74, 6) is 0. The van der Waals surface area contributed by atoms with Crippen LogP contribution in [0.3, 0.4) is 0 Å². The number of aromatic nitrogens is 2. The molecule has 23 heavy (non-hydrogen) atoms. The molecule has 0 fully saturated rings.